The minimum absolute atomic E-state index is 0.00945. The molecule has 0 saturated carbocycles. The molecule has 1 N–H and O–H groups in total. The van der Waals surface area contributed by atoms with Crippen molar-refractivity contribution in [1.82, 2.24) is 5.16 Å². The van der Waals surface area contributed by atoms with Gasteiger partial charge >= 0.3 is 6.18 Å². The summed E-state index contributed by atoms with van der Waals surface area (Å²) in [4.78, 5) is 0. The highest BCUT2D eigenvalue weighted by molar-refractivity contribution is 5.85. The summed E-state index contributed by atoms with van der Waals surface area (Å²) < 4.78 is 49.0. The molecule has 5 nitrogen and oxygen atoms in total. The van der Waals surface area contributed by atoms with Gasteiger partial charge in [-0.3, -0.25) is 0 Å². The van der Waals surface area contributed by atoms with Gasteiger partial charge in [-0.25, -0.2) is 0 Å². The van der Waals surface area contributed by atoms with E-state index in [0.717, 1.165) is 31.4 Å². The summed E-state index contributed by atoms with van der Waals surface area (Å²) in [5.74, 6) is 0.575. The van der Waals surface area contributed by atoms with Gasteiger partial charge in [-0.15, -0.1) is 0 Å². The molecule has 0 spiro atoms. The average Bonchev–Trinajstić information content (AvgIpc) is 3.31. The maximum Gasteiger partial charge on any atom is 0.437 e. The third-order valence-corrected chi connectivity index (χ3v) is 5.32. The maximum absolute atomic E-state index is 12.8. The molecule has 0 amide bonds. The Labute approximate surface area is 205 Å². The first-order chi connectivity index (χ1) is 16.9. The highest BCUT2D eigenvalue weighted by Crippen LogP contribution is 2.38. The average molecular weight is 490 g/mol. The number of hydrogen-bond donors (Lipinski definition) is 1. The Morgan fingerprint density at radius 1 is 1.14 bits per heavy atom. The van der Waals surface area contributed by atoms with E-state index in [9.17, 15) is 13.2 Å². The number of aryl methyl sites for hydroxylation is 2. The number of ether oxygens (including phenoxy) is 1. The summed E-state index contributed by atoms with van der Waals surface area (Å²) >= 11 is 0. The van der Waals surface area contributed by atoms with Gasteiger partial charge in [0.1, 0.15) is 5.75 Å². The Bertz CT molecular complexity index is 1120. The molecule has 2 aromatic carbocycles. The number of hydrogen-bond acceptors (Lipinski definition) is 5. The van der Waals surface area contributed by atoms with E-state index < -0.39 is 11.9 Å². The zero-order valence-corrected chi connectivity index (χ0v) is 20.9. The van der Waals surface area contributed by atoms with Gasteiger partial charge in [0.2, 0.25) is 0 Å². The highest BCUT2D eigenvalue weighted by atomic mass is 19.4. The Hall–Kier alpha value is -3.21. The predicted octanol–water partition coefficient (Wildman–Crippen LogP) is 7.72. The van der Waals surface area contributed by atoms with Crippen LogP contribution in [0.1, 0.15) is 69.3 Å². The summed E-state index contributed by atoms with van der Waals surface area (Å²) in [6.45, 7) is 9.50. The second-order valence-corrected chi connectivity index (χ2v) is 7.90. The highest BCUT2D eigenvalue weighted by Gasteiger charge is 2.37. The smallest absolute Gasteiger partial charge is 0.437 e. The van der Waals surface area contributed by atoms with Gasteiger partial charge in [0.25, 0.3) is 0 Å². The van der Waals surface area contributed by atoms with Crippen molar-refractivity contribution in [3.8, 4) is 11.8 Å². The first kappa shape index (κ1) is 28.0. The molecule has 35 heavy (non-hydrogen) atoms. The molecule has 0 atom stereocenters. The van der Waals surface area contributed by atoms with Crippen molar-refractivity contribution in [1.29, 1.82) is 5.26 Å². The minimum Gasteiger partial charge on any atom is -0.493 e. The minimum atomic E-state index is -4.51. The summed E-state index contributed by atoms with van der Waals surface area (Å²) in [6, 6.07) is 11.4. The second-order valence-electron chi connectivity index (χ2n) is 7.90. The van der Waals surface area contributed by atoms with Crippen LogP contribution in [0.4, 0.5) is 18.9 Å². The number of benzene rings is 2. The summed E-state index contributed by atoms with van der Waals surface area (Å²) in [7, 11) is 0. The topological polar surface area (TPSA) is 71.1 Å². The molecule has 0 aliphatic carbocycles. The van der Waals surface area contributed by atoms with E-state index in [1.54, 1.807) is 6.07 Å². The molecule has 2 heterocycles. The lowest BCUT2D eigenvalue weighted by atomic mass is 10.00. The fraction of sp³-hybridized carbons (Fsp3) is 0.481. The largest absolute Gasteiger partial charge is 0.493 e. The number of anilines is 1. The number of aromatic nitrogens is 1. The first-order valence-corrected chi connectivity index (χ1v) is 12.2. The van der Waals surface area contributed by atoms with Gasteiger partial charge in [0, 0.05) is 17.8 Å². The molecule has 0 saturated heterocycles. The Balaban J connectivity index is 0.000000248. The number of halogens is 3. The number of nitriles is 1. The molecule has 3 aromatic rings. The molecule has 1 aliphatic heterocycles. The lowest BCUT2D eigenvalue weighted by molar-refractivity contribution is -0.141. The molecule has 0 radical (unpaired) electrons. The van der Waals surface area contributed by atoms with E-state index in [1.807, 2.05) is 33.8 Å². The fourth-order valence-corrected chi connectivity index (χ4v) is 3.81. The van der Waals surface area contributed by atoms with Crippen molar-refractivity contribution in [2.75, 3.05) is 18.5 Å². The molecule has 4 rings (SSSR count). The van der Waals surface area contributed by atoms with E-state index in [0.29, 0.717) is 30.8 Å². The zero-order valence-electron chi connectivity index (χ0n) is 20.9. The lowest BCUT2D eigenvalue weighted by Crippen LogP contribution is -2.11. The van der Waals surface area contributed by atoms with Crippen LogP contribution in [0.2, 0.25) is 0 Å². The van der Waals surface area contributed by atoms with Gasteiger partial charge in [-0.1, -0.05) is 51.4 Å². The molecule has 0 bridgehead atoms. The van der Waals surface area contributed by atoms with Crippen LogP contribution in [-0.2, 0) is 25.4 Å². The van der Waals surface area contributed by atoms with Crippen LogP contribution in [0.3, 0.4) is 0 Å². The number of rotatable bonds is 6. The third kappa shape index (κ3) is 7.38. The third-order valence-electron chi connectivity index (χ3n) is 5.32. The normalized spacial score (nSPS) is 12.3. The van der Waals surface area contributed by atoms with E-state index in [4.69, 9.17) is 14.5 Å². The predicted molar refractivity (Wildman–Crippen MR) is 133 cm³/mol. The van der Waals surface area contributed by atoms with E-state index in [-0.39, 0.29) is 11.0 Å². The molecule has 0 fully saturated rings. The van der Waals surface area contributed by atoms with Crippen LogP contribution in [0.5, 0.6) is 5.75 Å². The molecule has 0 unspecified atom stereocenters. The fourth-order valence-electron chi connectivity index (χ4n) is 3.81. The van der Waals surface area contributed by atoms with Crippen LogP contribution in [0, 0.1) is 11.3 Å². The van der Waals surface area contributed by atoms with Gasteiger partial charge in [0.05, 0.1) is 24.5 Å². The monoisotopic (exact) mass is 489 g/mol. The van der Waals surface area contributed by atoms with Crippen molar-refractivity contribution in [2.24, 2.45) is 0 Å². The molecule has 190 valence electrons. The summed E-state index contributed by atoms with van der Waals surface area (Å²) in [5, 5.41) is 15.1. The van der Waals surface area contributed by atoms with Crippen molar-refractivity contribution in [3.63, 3.8) is 0 Å². The van der Waals surface area contributed by atoms with Crippen LogP contribution in [-0.4, -0.2) is 18.3 Å². The standard InChI is InChI=1S/C14H16F3NO2.C11H12N2.C2H6/c1-3-5-9-11(19-8-4-2)7-6-10-12(9)20-18-13(10)14(15,16)17;12-6-5-9-3-4-11-10(8-9)2-1-7-13-11;1-2/h6-7H,3-5,8H2,1-2H3;3-4,8,13H,1-2,5,7H2;1-2H3. The lowest BCUT2D eigenvalue weighted by Gasteiger charge is -2.18. The SMILES string of the molecule is CC.CCCOc1ccc2c(C(F)(F)F)noc2c1CCC.N#CCc1ccc2c(c1)CCCN2. The Kier molecular flexibility index (Phi) is 10.9. The maximum atomic E-state index is 12.8. The van der Waals surface area contributed by atoms with Crippen molar-refractivity contribution >= 4 is 16.7 Å². The van der Waals surface area contributed by atoms with Crippen LogP contribution >= 0.6 is 0 Å². The quantitative estimate of drug-likeness (QED) is 0.384. The molecule has 8 heteroatoms. The van der Waals surface area contributed by atoms with Crippen molar-refractivity contribution < 1.29 is 22.4 Å². The van der Waals surface area contributed by atoms with Crippen LogP contribution in [0.15, 0.2) is 34.9 Å². The molecule has 1 aliphatic rings. The summed E-state index contributed by atoms with van der Waals surface area (Å²) in [6.07, 6.45) is 0.540. The Morgan fingerprint density at radius 3 is 2.57 bits per heavy atom. The molecular weight excluding hydrogens is 455 g/mol. The van der Waals surface area contributed by atoms with Crippen molar-refractivity contribution in [3.05, 3.63) is 52.7 Å². The summed E-state index contributed by atoms with van der Waals surface area (Å²) in [5.41, 5.74) is 3.58. The Morgan fingerprint density at radius 2 is 1.91 bits per heavy atom. The molecular formula is C27H34F3N3O2. The molecule has 1 aromatic heterocycles. The van der Waals surface area contributed by atoms with Gasteiger partial charge in [0.15, 0.2) is 11.3 Å². The van der Waals surface area contributed by atoms with Crippen LogP contribution in [0.25, 0.3) is 11.0 Å². The number of nitrogens with one attached hydrogen (secondary N) is 1. The van der Waals surface area contributed by atoms with Gasteiger partial charge in [-0.2, -0.15) is 18.4 Å². The van der Waals surface area contributed by atoms with Crippen molar-refractivity contribution in [2.45, 2.75) is 72.4 Å². The van der Waals surface area contributed by atoms with E-state index in [1.165, 1.54) is 23.7 Å². The number of nitrogens with zero attached hydrogens (tertiary/aromatic N) is 2. The first-order valence-electron chi connectivity index (χ1n) is 12.2. The second kappa shape index (κ2) is 13.6. The van der Waals surface area contributed by atoms with Gasteiger partial charge in [-0.05, 0) is 55.0 Å². The number of fused-ring (bicyclic) bond motifs is 2. The zero-order chi connectivity index (χ0) is 25.8. The van der Waals surface area contributed by atoms with Crippen LogP contribution < -0.4 is 10.1 Å². The van der Waals surface area contributed by atoms with E-state index >= 15 is 0 Å². The van der Waals surface area contributed by atoms with E-state index in [2.05, 4.69) is 28.7 Å². The van der Waals surface area contributed by atoms with Gasteiger partial charge < -0.3 is 14.6 Å². The number of alkyl halides is 3.